The first kappa shape index (κ1) is 14.8. The second kappa shape index (κ2) is 7.26. The first-order chi connectivity index (χ1) is 9.69. The fourth-order valence-corrected chi connectivity index (χ4v) is 2.39. The molecule has 0 saturated heterocycles. The third-order valence-electron chi connectivity index (χ3n) is 2.79. The number of para-hydroxylation sites is 1. The number of benzene rings is 2. The number of hydrogen-bond acceptors (Lipinski definition) is 3. The Kier molecular flexibility index (Phi) is 5.38. The summed E-state index contributed by atoms with van der Waals surface area (Å²) in [6, 6.07) is 14.5. The first-order valence-electron chi connectivity index (χ1n) is 6.15. The predicted molar refractivity (Wildman–Crippen MR) is 78.0 cm³/mol. The van der Waals surface area contributed by atoms with Gasteiger partial charge in [-0.15, -0.1) is 0 Å². The van der Waals surface area contributed by atoms with Crippen molar-refractivity contribution in [1.82, 2.24) is 0 Å². The van der Waals surface area contributed by atoms with Gasteiger partial charge in [-0.1, -0.05) is 48.2 Å². The number of hydrogen-bond donors (Lipinski definition) is 2. The summed E-state index contributed by atoms with van der Waals surface area (Å²) in [5, 5.41) is 12.1. The molecular weight excluding hydrogens is 280 g/mol. The molecule has 20 heavy (non-hydrogen) atoms. The van der Waals surface area contributed by atoms with Gasteiger partial charge in [0.2, 0.25) is 0 Å². The smallest absolute Gasteiger partial charge is 0.288 e. The highest BCUT2D eigenvalue weighted by Crippen LogP contribution is 2.31. The van der Waals surface area contributed by atoms with E-state index in [9.17, 15) is 8.78 Å². The third-order valence-corrected chi connectivity index (χ3v) is 3.58. The van der Waals surface area contributed by atoms with Crippen molar-refractivity contribution in [1.29, 1.82) is 0 Å². The van der Waals surface area contributed by atoms with Gasteiger partial charge in [-0.25, -0.2) is 0 Å². The van der Waals surface area contributed by atoms with Crippen LogP contribution < -0.4 is 5.32 Å². The minimum Gasteiger partial charge on any atom is -0.392 e. The van der Waals surface area contributed by atoms with Gasteiger partial charge in [-0.05, 0) is 23.3 Å². The van der Waals surface area contributed by atoms with Crippen LogP contribution in [0.1, 0.15) is 11.1 Å². The van der Waals surface area contributed by atoms with Crippen molar-refractivity contribution < 1.29 is 13.9 Å². The molecule has 0 spiro atoms. The van der Waals surface area contributed by atoms with Crippen molar-refractivity contribution in [2.24, 2.45) is 0 Å². The Balaban J connectivity index is 2.02. The molecule has 0 amide bonds. The van der Waals surface area contributed by atoms with Crippen molar-refractivity contribution in [3.8, 4) is 0 Å². The number of halogens is 2. The monoisotopic (exact) mass is 295 g/mol. The Morgan fingerprint density at radius 3 is 2.30 bits per heavy atom. The van der Waals surface area contributed by atoms with Gasteiger partial charge >= 0.3 is 0 Å². The van der Waals surface area contributed by atoms with Crippen LogP contribution in [0.3, 0.4) is 0 Å². The zero-order valence-electron chi connectivity index (χ0n) is 10.7. The van der Waals surface area contributed by atoms with Crippen LogP contribution in [0.25, 0.3) is 0 Å². The van der Waals surface area contributed by atoms with Crippen LogP contribution in [0, 0.1) is 0 Å². The number of anilines is 1. The normalized spacial score (nSPS) is 10.8. The molecule has 0 aliphatic carbocycles. The molecule has 2 aromatic rings. The van der Waals surface area contributed by atoms with Crippen molar-refractivity contribution in [2.75, 3.05) is 5.32 Å². The summed E-state index contributed by atoms with van der Waals surface area (Å²) < 4.78 is 24.9. The average Bonchev–Trinajstić information content (AvgIpc) is 2.46. The lowest BCUT2D eigenvalue weighted by Gasteiger charge is -2.11. The van der Waals surface area contributed by atoms with E-state index < -0.39 is 5.76 Å². The fourth-order valence-electron chi connectivity index (χ4n) is 1.77. The Morgan fingerprint density at radius 2 is 1.65 bits per heavy atom. The van der Waals surface area contributed by atoms with Crippen molar-refractivity contribution >= 4 is 17.4 Å². The predicted octanol–water partition coefficient (Wildman–Crippen LogP) is 4.11. The van der Waals surface area contributed by atoms with Gasteiger partial charge in [0.05, 0.1) is 6.61 Å². The number of nitrogens with one attached hydrogen (secondary N) is 1. The molecule has 106 valence electrons. The Bertz CT molecular complexity index is 546. The van der Waals surface area contributed by atoms with E-state index in [2.05, 4.69) is 5.32 Å². The second-order valence-electron chi connectivity index (χ2n) is 4.20. The van der Waals surface area contributed by atoms with E-state index in [4.69, 9.17) is 5.11 Å². The summed E-state index contributed by atoms with van der Waals surface area (Å²) in [6.07, 6.45) is 0. The van der Waals surface area contributed by atoms with E-state index in [0.717, 1.165) is 11.1 Å². The van der Waals surface area contributed by atoms with Crippen LogP contribution in [0.5, 0.6) is 0 Å². The Hall–Kier alpha value is -1.59. The summed E-state index contributed by atoms with van der Waals surface area (Å²) in [5.41, 5.74) is 2.57. The lowest BCUT2D eigenvalue weighted by atomic mass is 10.1. The highest BCUT2D eigenvalue weighted by molar-refractivity contribution is 7.99. The highest BCUT2D eigenvalue weighted by atomic mass is 32.2. The topological polar surface area (TPSA) is 32.3 Å². The summed E-state index contributed by atoms with van der Waals surface area (Å²) in [4.78, 5) is 0.537. The Morgan fingerprint density at radius 1 is 1.00 bits per heavy atom. The number of aliphatic hydroxyl groups is 1. The van der Waals surface area contributed by atoms with Gasteiger partial charge in [0.15, 0.2) is 0 Å². The molecule has 2 N–H and O–H groups in total. The molecule has 0 heterocycles. The van der Waals surface area contributed by atoms with Gasteiger partial charge in [-0.3, -0.25) is 0 Å². The summed E-state index contributed by atoms with van der Waals surface area (Å²) in [7, 11) is 0. The number of rotatable bonds is 6. The molecule has 5 heteroatoms. The maximum Gasteiger partial charge on any atom is 0.288 e. The minimum absolute atomic E-state index is 0.0154. The van der Waals surface area contributed by atoms with Crippen LogP contribution in [-0.4, -0.2) is 10.9 Å². The molecule has 2 nitrogen and oxygen atoms in total. The molecule has 2 aromatic carbocycles. The van der Waals surface area contributed by atoms with Crippen LogP contribution in [-0.2, 0) is 13.2 Å². The molecule has 0 aliphatic heterocycles. The van der Waals surface area contributed by atoms with Crippen molar-refractivity contribution in [3.63, 3.8) is 0 Å². The molecule has 0 unspecified atom stereocenters. The lowest BCUT2D eigenvalue weighted by molar-refractivity contribution is 0.252. The summed E-state index contributed by atoms with van der Waals surface area (Å²) in [5.74, 6) is -2.43. The molecule has 0 fully saturated rings. The van der Waals surface area contributed by atoms with Crippen LogP contribution in [0.15, 0.2) is 53.4 Å². The van der Waals surface area contributed by atoms with Crippen LogP contribution in [0.4, 0.5) is 14.5 Å². The van der Waals surface area contributed by atoms with E-state index in [-0.39, 0.29) is 6.61 Å². The van der Waals surface area contributed by atoms with E-state index in [1.807, 2.05) is 30.3 Å². The molecule has 0 atom stereocenters. The SMILES string of the molecule is OCc1ccc(CNc2ccccc2SC(F)F)cc1. The van der Waals surface area contributed by atoms with Crippen molar-refractivity contribution in [2.45, 2.75) is 23.8 Å². The number of thioether (sulfide) groups is 1. The van der Waals surface area contributed by atoms with Gasteiger partial charge < -0.3 is 10.4 Å². The fraction of sp³-hybridized carbons (Fsp3) is 0.200. The largest absolute Gasteiger partial charge is 0.392 e. The lowest BCUT2D eigenvalue weighted by Crippen LogP contribution is -2.01. The number of alkyl halides is 2. The van der Waals surface area contributed by atoms with Gasteiger partial charge in [0, 0.05) is 17.1 Å². The highest BCUT2D eigenvalue weighted by Gasteiger charge is 2.09. The van der Waals surface area contributed by atoms with Crippen molar-refractivity contribution in [3.05, 3.63) is 59.7 Å². The molecule has 0 bridgehead atoms. The van der Waals surface area contributed by atoms with Gasteiger partial charge in [-0.2, -0.15) is 8.78 Å². The molecule has 0 saturated carbocycles. The maximum atomic E-state index is 12.5. The van der Waals surface area contributed by atoms with E-state index in [0.29, 0.717) is 28.9 Å². The first-order valence-corrected chi connectivity index (χ1v) is 7.03. The van der Waals surface area contributed by atoms with E-state index in [1.165, 1.54) is 0 Å². The second-order valence-corrected chi connectivity index (χ2v) is 5.23. The van der Waals surface area contributed by atoms with E-state index >= 15 is 0 Å². The van der Waals surface area contributed by atoms with Gasteiger partial charge in [0.1, 0.15) is 0 Å². The molecule has 0 radical (unpaired) electrons. The number of aliphatic hydroxyl groups excluding tert-OH is 1. The maximum absolute atomic E-state index is 12.5. The zero-order valence-corrected chi connectivity index (χ0v) is 11.5. The van der Waals surface area contributed by atoms with Crippen LogP contribution in [0.2, 0.25) is 0 Å². The quantitative estimate of drug-likeness (QED) is 0.787. The molecule has 2 rings (SSSR count). The minimum atomic E-state index is -2.43. The average molecular weight is 295 g/mol. The Labute approximate surface area is 120 Å². The van der Waals surface area contributed by atoms with Gasteiger partial charge in [0.25, 0.3) is 5.76 Å². The molecule has 0 aromatic heterocycles. The zero-order chi connectivity index (χ0) is 14.4. The van der Waals surface area contributed by atoms with Crippen LogP contribution >= 0.6 is 11.8 Å². The summed E-state index contributed by atoms with van der Waals surface area (Å²) >= 11 is 0.537. The molecule has 0 aliphatic rings. The van der Waals surface area contributed by atoms with E-state index in [1.54, 1.807) is 18.2 Å². The standard InChI is InChI=1S/C15H15F2NOS/c16-15(17)20-14-4-2-1-3-13(14)18-9-11-5-7-12(10-19)8-6-11/h1-8,15,18-19H,9-10H2. The molecular formula is C15H15F2NOS. The third kappa shape index (κ3) is 4.21. The summed E-state index contributed by atoms with van der Waals surface area (Å²) in [6.45, 7) is 0.564.